The molecule has 0 saturated carbocycles. The van der Waals surface area contributed by atoms with E-state index in [4.69, 9.17) is 0 Å². The summed E-state index contributed by atoms with van der Waals surface area (Å²) in [7, 11) is -4.08. The van der Waals surface area contributed by atoms with E-state index in [0.717, 1.165) is 26.6 Å². The van der Waals surface area contributed by atoms with Crippen LogP contribution in [0.2, 0.25) is 0 Å². The smallest absolute Gasteiger partial charge is 0.264 e. The average Bonchev–Trinajstić information content (AvgIpc) is 2.90. The fourth-order valence-corrected chi connectivity index (χ4v) is 5.50. The van der Waals surface area contributed by atoms with Crippen molar-refractivity contribution >= 4 is 27.5 Å². The minimum Gasteiger partial charge on any atom is -0.354 e. The molecule has 0 unspecified atom stereocenters. The monoisotopic (exact) mass is 549 g/mol. The topological polar surface area (TPSA) is 86.8 Å². The van der Waals surface area contributed by atoms with Crippen LogP contribution in [0.5, 0.6) is 0 Å². The van der Waals surface area contributed by atoms with E-state index in [1.807, 2.05) is 71.0 Å². The van der Waals surface area contributed by atoms with Crippen LogP contribution in [0.1, 0.15) is 43.0 Å². The van der Waals surface area contributed by atoms with Crippen molar-refractivity contribution in [1.82, 2.24) is 10.2 Å². The number of benzene rings is 3. The molecule has 0 spiro atoms. The third-order valence-corrected chi connectivity index (χ3v) is 8.45. The van der Waals surface area contributed by atoms with Gasteiger partial charge in [-0.25, -0.2) is 8.42 Å². The summed E-state index contributed by atoms with van der Waals surface area (Å²) in [5.41, 5.74) is 4.14. The van der Waals surface area contributed by atoms with Crippen molar-refractivity contribution in [2.75, 3.05) is 17.4 Å². The van der Waals surface area contributed by atoms with Gasteiger partial charge in [0.15, 0.2) is 0 Å². The van der Waals surface area contributed by atoms with Gasteiger partial charge in [0.1, 0.15) is 12.6 Å². The van der Waals surface area contributed by atoms with Gasteiger partial charge in [0.05, 0.1) is 10.6 Å². The number of hydrogen-bond donors (Lipinski definition) is 1. The lowest BCUT2D eigenvalue weighted by Crippen LogP contribution is -2.51. The molecular formula is C31H39N3O4S. The molecule has 0 aliphatic rings. The molecule has 39 heavy (non-hydrogen) atoms. The summed E-state index contributed by atoms with van der Waals surface area (Å²) in [5, 5.41) is 2.91. The predicted octanol–water partition coefficient (Wildman–Crippen LogP) is 5.00. The van der Waals surface area contributed by atoms with Gasteiger partial charge in [-0.05, 0) is 69.0 Å². The minimum atomic E-state index is -4.08. The molecule has 3 aromatic rings. The van der Waals surface area contributed by atoms with Crippen LogP contribution < -0.4 is 9.62 Å². The van der Waals surface area contributed by atoms with E-state index in [2.05, 4.69) is 5.32 Å². The third-order valence-electron chi connectivity index (χ3n) is 6.66. The molecule has 0 heterocycles. The maximum atomic E-state index is 14.0. The SMILES string of the molecule is Cc1ccc(N(CC(=O)N(Cc2ccccc2C)[C@H](C)C(=O)NCC(C)C)S(=O)(=O)c2ccc(C)cc2)cc1. The molecule has 2 amide bonds. The molecule has 1 atom stereocenters. The van der Waals surface area contributed by atoms with Gasteiger partial charge in [0, 0.05) is 13.1 Å². The van der Waals surface area contributed by atoms with Gasteiger partial charge in [-0.3, -0.25) is 13.9 Å². The van der Waals surface area contributed by atoms with E-state index < -0.39 is 28.5 Å². The zero-order valence-electron chi connectivity index (χ0n) is 23.6. The Bertz CT molecular complexity index is 1380. The van der Waals surface area contributed by atoms with E-state index in [-0.39, 0.29) is 23.3 Å². The normalized spacial score (nSPS) is 12.2. The number of anilines is 1. The van der Waals surface area contributed by atoms with Crippen LogP contribution >= 0.6 is 0 Å². The average molecular weight is 550 g/mol. The molecule has 0 aromatic heterocycles. The number of sulfonamides is 1. The van der Waals surface area contributed by atoms with Crippen molar-refractivity contribution in [2.45, 2.75) is 59.0 Å². The summed E-state index contributed by atoms with van der Waals surface area (Å²) in [6, 6.07) is 20.4. The molecule has 0 fully saturated rings. The van der Waals surface area contributed by atoms with Crippen LogP contribution in [-0.4, -0.2) is 44.3 Å². The first-order chi connectivity index (χ1) is 18.4. The molecule has 1 N–H and O–H groups in total. The highest BCUT2D eigenvalue weighted by Gasteiger charge is 2.32. The lowest BCUT2D eigenvalue weighted by Gasteiger charge is -2.32. The summed E-state index contributed by atoms with van der Waals surface area (Å²) >= 11 is 0. The number of carbonyl (C=O) groups excluding carboxylic acids is 2. The number of hydrogen-bond acceptors (Lipinski definition) is 4. The molecule has 7 nitrogen and oxygen atoms in total. The molecule has 0 saturated heterocycles. The van der Waals surface area contributed by atoms with E-state index in [9.17, 15) is 18.0 Å². The second-order valence-electron chi connectivity index (χ2n) is 10.4. The number of carbonyl (C=O) groups is 2. The van der Waals surface area contributed by atoms with Gasteiger partial charge in [-0.15, -0.1) is 0 Å². The Labute approximate surface area is 232 Å². The van der Waals surface area contributed by atoms with Crippen LogP contribution in [0, 0.1) is 26.7 Å². The van der Waals surface area contributed by atoms with E-state index >= 15 is 0 Å². The van der Waals surface area contributed by atoms with Crippen molar-refractivity contribution in [1.29, 1.82) is 0 Å². The molecule has 208 valence electrons. The van der Waals surface area contributed by atoms with Gasteiger partial charge in [0.25, 0.3) is 10.0 Å². The summed E-state index contributed by atoms with van der Waals surface area (Å²) in [6.45, 7) is 11.6. The third kappa shape index (κ3) is 7.69. The Morgan fingerprint density at radius 2 is 1.38 bits per heavy atom. The van der Waals surface area contributed by atoms with Gasteiger partial charge in [0.2, 0.25) is 11.8 Å². The fraction of sp³-hybridized carbons (Fsp3) is 0.355. The van der Waals surface area contributed by atoms with Crippen LogP contribution in [0.15, 0.2) is 77.7 Å². The molecule has 8 heteroatoms. The molecule has 0 bridgehead atoms. The quantitative estimate of drug-likeness (QED) is 0.365. The second kappa shape index (κ2) is 12.9. The molecule has 0 radical (unpaired) electrons. The Morgan fingerprint density at radius 3 is 1.95 bits per heavy atom. The predicted molar refractivity (Wildman–Crippen MR) is 156 cm³/mol. The first-order valence-corrected chi connectivity index (χ1v) is 14.6. The van der Waals surface area contributed by atoms with E-state index in [1.54, 1.807) is 43.3 Å². The number of aryl methyl sites for hydroxylation is 3. The number of rotatable bonds is 11. The minimum absolute atomic E-state index is 0.0923. The van der Waals surface area contributed by atoms with Gasteiger partial charge in [-0.2, -0.15) is 0 Å². The fourth-order valence-electron chi connectivity index (χ4n) is 4.08. The van der Waals surface area contributed by atoms with Gasteiger partial charge < -0.3 is 10.2 Å². The van der Waals surface area contributed by atoms with E-state index in [1.165, 1.54) is 4.90 Å². The summed E-state index contributed by atoms with van der Waals surface area (Å²) < 4.78 is 28.8. The number of nitrogens with zero attached hydrogens (tertiary/aromatic N) is 2. The van der Waals surface area contributed by atoms with Crippen molar-refractivity contribution in [3.05, 3.63) is 95.1 Å². The van der Waals surface area contributed by atoms with Crippen molar-refractivity contribution < 1.29 is 18.0 Å². The summed E-state index contributed by atoms with van der Waals surface area (Å²) in [6.07, 6.45) is 0. The molecule has 0 aliphatic heterocycles. The summed E-state index contributed by atoms with van der Waals surface area (Å²) in [5.74, 6) is -0.506. The lowest BCUT2D eigenvalue weighted by molar-refractivity contribution is -0.139. The highest BCUT2D eigenvalue weighted by Crippen LogP contribution is 2.25. The lowest BCUT2D eigenvalue weighted by atomic mass is 10.1. The zero-order chi connectivity index (χ0) is 28.7. The highest BCUT2D eigenvalue weighted by atomic mass is 32.2. The molecular weight excluding hydrogens is 510 g/mol. The maximum absolute atomic E-state index is 14.0. The first kappa shape index (κ1) is 29.9. The van der Waals surface area contributed by atoms with Gasteiger partial charge in [-0.1, -0.05) is 73.5 Å². The zero-order valence-corrected chi connectivity index (χ0v) is 24.5. The standard InChI is InChI=1S/C31H39N3O4S/c1-22(2)19-32-31(36)26(6)33(20-27-10-8-7-9-25(27)5)30(35)21-34(28-15-11-23(3)12-16-28)39(37,38)29-17-13-24(4)14-18-29/h7-18,22,26H,19-21H2,1-6H3,(H,32,36)/t26-/m1/s1. The molecule has 3 rings (SSSR count). The Balaban J connectivity index is 2.01. The maximum Gasteiger partial charge on any atom is 0.264 e. The van der Waals surface area contributed by atoms with Crippen LogP contribution in [0.4, 0.5) is 5.69 Å². The first-order valence-electron chi connectivity index (χ1n) is 13.2. The Morgan fingerprint density at radius 1 is 0.821 bits per heavy atom. The summed E-state index contributed by atoms with van der Waals surface area (Å²) in [4.78, 5) is 28.6. The van der Waals surface area contributed by atoms with Crippen LogP contribution in [-0.2, 0) is 26.2 Å². The molecule has 3 aromatic carbocycles. The largest absolute Gasteiger partial charge is 0.354 e. The number of nitrogens with one attached hydrogen (secondary N) is 1. The van der Waals surface area contributed by atoms with Gasteiger partial charge >= 0.3 is 0 Å². The Hall–Kier alpha value is -3.65. The molecule has 0 aliphatic carbocycles. The van der Waals surface area contributed by atoms with Crippen molar-refractivity contribution in [3.63, 3.8) is 0 Å². The second-order valence-corrected chi connectivity index (χ2v) is 12.3. The van der Waals surface area contributed by atoms with Crippen molar-refractivity contribution in [2.24, 2.45) is 5.92 Å². The number of amides is 2. The van der Waals surface area contributed by atoms with Crippen LogP contribution in [0.3, 0.4) is 0 Å². The highest BCUT2D eigenvalue weighted by molar-refractivity contribution is 7.92. The Kier molecular flexibility index (Phi) is 9.92. The van der Waals surface area contributed by atoms with Crippen LogP contribution in [0.25, 0.3) is 0 Å². The van der Waals surface area contributed by atoms with E-state index in [0.29, 0.717) is 12.2 Å². The van der Waals surface area contributed by atoms with Crippen molar-refractivity contribution in [3.8, 4) is 0 Å².